The Hall–Kier alpha value is -1.88. The number of likely N-dealkylation sites (N-methyl/N-ethyl adjacent to an activating group) is 1. The van der Waals surface area contributed by atoms with Crippen molar-refractivity contribution in [2.24, 2.45) is 0 Å². The Morgan fingerprint density at radius 1 is 1.45 bits per heavy atom. The topological polar surface area (TPSA) is 45.2 Å². The summed E-state index contributed by atoms with van der Waals surface area (Å²) in [6, 6.07) is 7.91. The Kier molecular flexibility index (Phi) is 4.74. The molecule has 1 amide bonds. The molecule has 0 radical (unpaired) electrons. The second-order valence-corrected chi connectivity index (χ2v) is 5.76. The number of hydrogen-bond donors (Lipinski definition) is 1. The van der Waals surface area contributed by atoms with Crippen LogP contribution in [0.25, 0.3) is 0 Å². The van der Waals surface area contributed by atoms with Crippen LogP contribution in [0.2, 0.25) is 0 Å². The molecule has 1 unspecified atom stereocenters. The van der Waals surface area contributed by atoms with Crippen molar-refractivity contribution in [3.8, 4) is 0 Å². The van der Waals surface area contributed by atoms with Crippen LogP contribution in [0.1, 0.15) is 22.2 Å². The van der Waals surface area contributed by atoms with Crippen LogP contribution in [0.4, 0.5) is 5.82 Å². The van der Waals surface area contributed by atoms with Crippen LogP contribution in [0, 0.1) is 0 Å². The van der Waals surface area contributed by atoms with Crippen molar-refractivity contribution in [3.05, 3.63) is 46.3 Å². The van der Waals surface area contributed by atoms with E-state index in [9.17, 15) is 4.79 Å². The van der Waals surface area contributed by atoms with Crippen molar-refractivity contribution in [2.45, 2.75) is 19.4 Å². The maximum absolute atomic E-state index is 12.4. The molecule has 4 nitrogen and oxygen atoms in total. The number of pyridine rings is 1. The summed E-state index contributed by atoms with van der Waals surface area (Å²) in [6.07, 6.45) is 2.49. The number of thiophene rings is 1. The van der Waals surface area contributed by atoms with Crippen molar-refractivity contribution in [3.63, 3.8) is 0 Å². The van der Waals surface area contributed by atoms with Gasteiger partial charge in [-0.3, -0.25) is 4.79 Å². The minimum absolute atomic E-state index is 0.00390. The molecule has 106 valence electrons. The van der Waals surface area contributed by atoms with E-state index in [4.69, 9.17) is 0 Å². The molecule has 1 N–H and O–H groups in total. The van der Waals surface area contributed by atoms with Gasteiger partial charge >= 0.3 is 0 Å². The van der Waals surface area contributed by atoms with Crippen molar-refractivity contribution < 1.29 is 4.79 Å². The lowest BCUT2D eigenvalue weighted by molar-refractivity contribution is 0.0743. The fourth-order valence-electron chi connectivity index (χ4n) is 1.93. The number of nitrogens with one attached hydrogen (secondary N) is 1. The number of amides is 1. The van der Waals surface area contributed by atoms with Crippen molar-refractivity contribution in [1.29, 1.82) is 0 Å². The molecule has 0 aliphatic rings. The molecule has 0 aromatic carbocycles. The first-order valence-electron chi connectivity index (χ1n) is 6.55. The molecule has 2 aromatic heterocycles. The molecule has 0 bridgehead atoms. The highest BCUT2D eigenvalue weighted by molar-refractivity contribution is 7.09. The molecule has 2 heterocycles. The number of nitrogens with zero attached hydrogens (tertiary/aromatic N) is 2. The zero-order valence-corrected chi connectivity index (χ0v) is 12.8. The Bertz CT molecular complexity index is 551. The van der Waals surface area contributed by atoms with E-state index in [0.29, 0.717) is 5.56 Å². The summed E-state index contributed by atoms with van der Waals surface area (Å²) in [4.78, 5) is 19.6. The zero-order chi connectivity index (χ0) is 14.5. The predicted octanol–water partition coefficient (Wildman–Crippen LogP) is 2.89. The molecule has 5 heteroatoms. The third-order valence-electron chi connectivity index (χ3n) is 3.32. The van der Waals surface area contributed by atoms with E-state index in [-0.39, 0.29) is 11.9 Å². The van der Waals surface area contributed by atoms with E-state index in [1.807, 2.05) is 19.2 Å². The first-order chi connectivity index (χ1) is 9.61. The van der Waals surface area contributed by atoms with Gasteiger partial charge in [0.1, 0.15) is 5.82 Å². The Morgan fingerprint density at radius 3 is 2.80 bits per heavy atom. The van der Waals surface area contributed by atoms with Gasteiger partial charge in [0, 0.05) is 37.6 Å². The molecule has 1 atom stereocenters. The zero-order valence-electron chi connectivity index (χ0n) is 12.0. The van der Waals surface area contributed by atoms with Crippen LogP contribution in [-0.2, 0) is 6.42 Å². The third kappa shape index (κ3) is 3.36. The lowest BCUT2D eigenvalue weighted by atomic mass is 10.1. The maximum atomic E-state index is 12.4. The van der Waals surface area contributed by atoms with Crippen LogP contribution < -0.4 is 5.32 Å². The molecule has 0 saturated heterocycles. The summed E-state index contributed by atoms with van der Waals surface area (Å²) < 4.78 is 0. The quantitative estimate of drug-likeness (QED) is 0.920. The summed E-state index contributed by atoms with van der Waals surface area (Å²) >= 11 is 1.72. The smallest absolute Gasteiger partial charge is 0.255 e. The number of carbonyl (C=O) groups excluding carboxylic acids is 1. The first-order valence-corrected chi connectivity index (χ1v) is 7.43. The molecule has 0 spiro atoms. The normalized spacial score (nSPS) is 11.9. The lowest BCUT2D eigenvalue weighted by Gasteiger charge is -2.24. The second kappa shape index (κ2) is 6.52. The van der Waals surface area contributed by atoms with Gasteiger partial charge in [-0.25, -0.2) is 4.98 Å². The number of rotatable bonds is 5. The van der Waals surface area contributed by atoms with Crippen LogP contribution in [-0.4, -0.2) is 35.9 Å². The number of carbonyl (C=O) groups is 1. The van der Waals surface area contributed by atoms with Gasteiger partial charge in [0.25, 0.3) is 5.91 Å². The van der Waals surface area contributed by atoms with E-state index in [1.165, 1.54) is 4.88 Å². The van der Waals surface area contributed by atoms with Gasteiger partial charge in [-0.1, -0.05) is 6.07 Å². The standard InChI is InChI=1S/C15H19N3OS/c1-11(9-13-5-4-8-20-13)18(3)15(19)12-6-7-14(16-2)17-10-12/h4-8,10-11H,9H2,1-3H3,(H,16,17). The van der Waals surface area contributed by atoms with Gasteiger partial charge in [-0.2, -0.15) is 0 Å². The monoisotopic (exact) mass is 289 g/mol. The fourth-order valence-corrected chi connectivity index (χ4v) is 2.76. The predicted molar refractivity (Wildman–Crippen MR) is 83.4 cm³/mol. The molecule has 0 aliphatic carbocycles. The molecule has 0 aliphatic heterocycles. The van der Waals surface area contributed by atoms with Gasteiger partial charge in [-0.15, -0.1) is 11.3 Å². The van der Waals surface area contributed by atoms with Gasteiger partial charge in [0.15, 0.2) is 0 Å². The van der Waals surface area contributed by atoms with Crippen LogP contribution in [0.15, 0.2) is 35.8 Å². The minimum Gasteiger partial charge on any atom is -0.373 e. The average Bonchev–Trinajstić information content (AvgIpc) is 2.98. The highest BCUT2D eigenvalue weighted by Crippen LogP contribution is 2.15. The summed E-state index contributed by atoms with van der Waals surface area (Å²) in [6.45, 7) is 2.06. The molecule has 20 heavy (non-hydrogen) atoms. The maximum Gasteiger partial charge on any atom is 0.255 e. The first kappa shape index (κ1) is 14.5. The summed E-state index contributed by atoms with van der Waals surface area (Å²) in [5, 5.41) is 5.00. The minimum atomic E-state index is 0.00390. The molecule has 0 fully saturated rings. The molecular formula is C15H19N3OS. The van der Waals surface area contributed by atoms with Crippen LogP contribution in [0.3, 0.4) is 0 Å². The number of aromatic nitrogens is 1. The van der Waals surface area contributed by atoms with E-state index in [1.54, 1.807) is 35.5 Å². The number of hydrogen-bond acceptors (Lipinski definition) is 4. The van der Waals surface area contributed by atoms with Gasteiger partial charge in [0.05, 0.1) is 5.56 Å². The van der Waals surface area contributed by atoms with Crippen molar-refractivity contribution in [1.82, 2.24) is 9.88 Å². The second-order valence-electron chi connectivity index (χ2n) is 4.73. The Labute approximate surface area is 123 Å². The SMILES string of the molecule is CNc1ccc(C(=O)N(C)C(C)Cc2cccs2)cn1. The fraction of sp³-hybridized carbons (Fsp3) is 0.333. The third-order valence-corrected chi connectivity index (χ3v) is 4.22. The summed E-state index contributed by atoms with van der Waals surface area (Å²) in [7, 11) is 3.64. The summed E-state index contributed by atoms with van der Waals surface area (Å²) in [5.41, 5.74) is 0.615. The Morgan fingerprint density at radius 2 is 2.25 bits per heavy atom. The van der Waals surface area contributed by atoms with Gasteiger partial charge in [0.2, 0.25) is 0 Å². The highest BCUT2D eigenvalue weighted by Gasteiger charge is 2.18. The van der Waals surface area contributed by atoms with Gasteiger partial charge < -0.3 is 10.2 Å². The van der Waals surface area contributed by atoms with Crippen LogP contribution in [0.5, 0.6) is 0 Å². The van der Waals surface area contributed by atoms with Crippen molar-refractivity contribution >= 4 is 23.1 Å². The largest absolute Gasteiger partial charge is 0.373 e. The molecule has 2 rings (SSSR count). The molecule has 2 aromatic rings. The average molecular weight is 289 g/mol. The summed E-state index contributed by atoms with van der Waals surface area (Å²) in [5.74, 6) is 0.764. The highest BCUT2D eigenvalue weighted by atomic mass is 32.1. The number of anilines is 1. The molecular weight excluding hydrogens is 270 g/mol. The van der Waals surface area contributed by atoms with Crippen LogP contribution >= 0.6 is 11.3 Å². The van der Waals surface area contributed by atoms with E-state index < -0.39 is 0 Å². The van der Waals surface area contributed by atoms with E-state index in [0.717, 1.165) is 12.2 Å². The lowest BCUT2D eigenvalue weighted by Crippen LogP contribution is -2.36. The molecule has 0 saturated carbocycles. The Balaban J connectivity index is 2.03. The van der Waals surface area contributed by atoms with E-state index >= 15 is 0 Å². The van der Waals surface area contributed by atoms with Gasteiger partial charge in [-0.05, 0) is 30.5 Å². The van der Waals surface area contributed by atoms with Crippen molar-refractivity contribution in [2.75, 3.05) is 19.4 Å². The van der Waals surface area contributed by atoms with E-state index in [2.05, 4.69) is 28.7 Å².